The number of hydrogen-bond acceptors (Lipinski definition) is 15. The van der Waals surface area contributed by atoms with Crippen molar-refractivity contribution in [3.63, 3.8) is 0 Å². The zero-order valence-corrected chi connectivity index (χ0v) is 44.6. The number of carbonyl (C=O) groups is 8. The summed E-state index contributed by atoms with van der Waals surface area (Å²) in [6, 6.07) is 9.79. The van der Waals surface area contributed by atoms with Crippen LogP contribution in [0.5, 0.6) is 5.75 Å². The van der Waals surface area contributed by atoms with Gasteiger partial charge >= 0.3 is 0 Å². The first kappa shape index (κ1) is 60.5. The van der Waals surface area contributed by atoms with Crippen LogP contribution in [0.4, 0.5) is 0 Å². The van der Waals surface area contributed by atoms with E-state index in [1.807, 2.05) is 6.07 Å². The van der Waals surface area contributed by atoms with Gasteiger partial charge in [-0.2, -0.15) is 0 Å². The Balaban J connectivity index is 1.64. The van der Waals surface area contributed by atoms with Crippen molar-refractivity contribution in [1.82, 2.24) is 42.2 Å². The predicted molar refractivity (Wildman–Crippen MR) is 292 cm³/mol. The molecule has 10 atom stereocenters. The second-order valence-electron chi connectivity index (χ2n) is 19.2. The van der Waals surface area contributed by atoms with E-state index in [-0.39, 0.29) is 56.1 Å². The maximum atomic E-state index is 14.9. The molecule has 1 aromatic heterocycles. The van der Waals surface area contributed by atoms with Gasteiger partial charge in [0.15, 0.2) is 5.96 Å². The van der Waals surface area contributed by atoms with Crippen LogP contribution < -0.4 is 60.2 Å². The van der Waals surface area contributed by atoms with Crippen molar-refractivity contribution in [2.24, 2.45) is 27.9 Å². The molecule has 8 amide bonds. The molecule has 19 N–H and O–H groups in total. The van der Waals surface area contributed by atoms with Gasteiger partial charge in [0.2, 0.25) is 47.3 Å². The Morgan fingerprint density at radius 3 is 2.01 bits per heavy atom. The second-order valence-corrected chi connectivity index (χ2v) is 22.2. The molecular formula is C51H69N13O11S2. The smallest absolute Gasteiger partial charge is 0.245 e. The summed E-state index contributed by atoms with van der Waals surface area (Å²) >= 11 is 0. The first-order valence-electron chi connectivity index (χ1n) is 24.7. The van der Waals surface area contributed by atoms with Crippen LogP contribution in [0.3, 0.4) is 0 Å². The molecule has 1 saturated heterocycles. The lowest BCUT2D eigenvalue weighted by molar-refractivity contribution is -0.137. The van der Waals surface area contributed by atoms with Crippen molar-refractivity contribution in [3.05, 3.63) is 102 Å². The number of nitrogens with one attached hydrogen (secondary N) is 8. The Morgan fingerprint density at radius 1 is 0.766 bits per heavy atom. The molecule has 1 aliphatic rings. The molecular weight excluding hydrogens is 1030 g/mol. The van der Waals surface area contributed by atoms with Crippen LogP contribution in [0.25, 0.3) is 10.9 Å². The molecule has 416 valence electrons. The van der Waals surface area contributed by atoms with Gasteiger partial charge in [0.25, 0.3) is 0 Å². The number of guanidine groups is 1. The molecule has 4 unspecified atom stereocenters. The number of primary amides is 1. The normalized spacial score (nSPS) is 22.5. The van der Waals surface area contributed by atoms with Crippen molar-refractivity contribution in [3.8, 4) is 5.75 Å². The van der Waals surface area contributed by atoms with Gasteiger partial charge in [-0.15, -0.1) is 0 Å². The number of phenolic OH excluding ortho intramolecular Hbond substituents is 1. The number of carbonyl (C=O) groups excluding carboxylic acids is 8. The number of aromatic amines is 1. The minimum absolute atomic E-state index is 0.00282. The van der Waals surface area contributed by atoms with Gasteiger partial charge in [-0.1, -0.05) is 82.3 Å². The number of aliphatic hydroxyl groups is 2. The van der Waals surface area contributed by atoms with E-state index < -0.39 is 113 Å². The Hall–Kier alpha value is -7.39. The molecule has 4 aromatic rings. The molecule has 2 heterocycles. The summed E-state index contributed by atoms with van der Waals surface area (Å²) in [5, 5.41) is 50.6. The fourth-order valence-electron chi connectivity index (χ4n) is 8.23. The van der Waals surface area contributed by atoms with Crippen molar-refractivity contribution < 1.29 is 53.7 Å². The minimum atomic E-state index is -1.80. The zero-order chi connectivity index (χ0) is 56.6. The lowest BCUT2D eigenvalue weighted by Gasteiger charge is -2.36. The fraction of sp³-hybridized carbons (Fsp3) is 0.431. The number of nitrogens with zero attached hydrogens (tertiary/aromatic N) is 1. The number of aromatic hydroxyl groups is 1. The standard InChI is InChI=1S/C51H69N13O11S2/c1-26(65)39(42(53)68)62-49(75)41-51(3,4)77-76-25-38(61-43(69)33(52)21-28-11-6-5-7-12-28)47(73)59-36(22-29-16-18-31(67)19-17-29)45(71)60-37(23-30-24-57-34-14-9-8-13-32(30)34)46(72)58-35(15-10-20-56-50(54)55)44(70)63-40(27(2)66)48(74)64-41/h5-9,11-14,16-19,24,26-27,33,35-41,57,65-67H,10,15,20-23,25,52H2,1-4H3,(H2,53,68)(H,58,72)(H,59,73)(H,60,71)(H,61,69)(H,62,75)(H,63,70)(H,64,74)(H4,54,55,56)/t26-,27-,33-,35?,36?,37-,38+,39+,40?,41?/m1/s1. The van der Waals surface area contributed by atoms with E-state index in [0.717, 1.165) is 27.2 Å². The number of hydrogen-bond donors (Lipinski definition) is 15. The topological polar surface area (TPSA) is 414 Å². The number of aliphatic imine (C=N–C) groups is 1. The van der Waals surface area contributed by atoms with Crippen LogP contribution in [0, 0.1) is 0 Å². The van der Waals surface area contributed by atoms with E-state index >= 15 is 0 Å². The Kier molecular flexibility index (Phi) is 22.1. The highest BCUT2D eigenvalue weighted by Crippen LogP contribution is 2.39. The molecule has 0 bridgehead atoms. The molecule has 0 radical (unpaired) electrons. The average molecular weight is 1100 g/mol. The van der Waals surface area contributed by atoms with Crippen LogP contribution in [0.15, 0.2) is 90.1 Å². The maximum Gasteiger partial charge on any atom is 0.245 e. The van der Waals surface area contributed by atoms with Crippen molar-refractivity contribution >= 4 is 85.7 Å². The molecule has 0 spiro atoms. The van der Waals surface area contributed by atoms with Crippen LogP contribution in [-0.4, -0.2) is 151 Å². The second kappa shape index (κ2) is 28.1. The molecule has 24 nitrogen and oxygen atoms in total. The largest absolute Gasteiger partial charge is 0.508 e. The van der Waals surface area contributed by atoms with E-state index in [1.165, 1.54) is 52.0 Å². The van der Waals surface area contributed by atoms with E-state index in [2.05, 4.69) is 47.2 Å². The summed E-state index contributed by atoms with van der Waals surface area (Å²) in [4.78, 5) is 121. The van der Waals surface area contributed by atoms with Crippen LogP contribution in [0.2, 0.25) is 0 Å². The molecule has 3 aromatic carbocycles. The highest BCUT2D eigenvalue weighted by Gasteiger charge is 2.43. The lowest BCUT2D eigenvalue weighted by Crippen LogP contribution is -2.65. The van der Waals surface area contributed by atoms with Gasteiger partial charge in [-0.3, -0.25) is 43.3 Å². The number of para-hydroxylation sites is 1. The number of amides is 8. The van der Waals surface area contributed by atoms with Crippen molar-refractivity contribution in [1.29, 1.82) is 0 Å². The number of aromatic nitrogens is 1. The number of nitrogens with two attached hydrogens (primary N) is 4. The summed E-state index contributed by atoms with van der Waals surface area (Å²) in [5.74, 6) is -8.15. The zero-order valence-electron chi connectivity index (χ0n) is 43.0. The Labute approximate surface area is 452 Å². The van der Waals surface area contributed by atoms with E-state index in [9.17, 15) is 53.7 Å². The number of benzene rings is 3. The molecule has 77 heavy (non-hydrogen) atoms. The summed E-state index contributed by atoms with van der Waals surface area (Å²) < 4.78 is -1.45. The van der Waals surface area contributed by atoms with E-state index in [0.29, 0.717) is 22.0 Å². The van der Waals surface area contributed by atoms with E-state index in [4.69, 9.17) is 22.9 Å². The molecule has 1 aliphatic heterocycles. The first-order chi connectivity index (χ1) is 36.4. The molecule has 5 rings (SSSR count). The van der Waals surface area contributed by atoms with Gasteiger partial charge < -0.3 is 80.5 Å². The maximum absolute atomic E-state index is 14.9. The third-order valence-electron chi connectivity index (χ3n) is 12.5. The van der Waals surface area contributed by atoms with E-state index in [1.54, 1.807) is 54.7 Å². The SMILES string of the molecule is C[C@@H](O)C1NC(=O)C(CCCN=C(N)N)NC(=O)[C@@H](Cc2c[nH]c3ccccc23)NC(=O)C(Cc2ccc(O)cc2)NC(=O)[C@@H](NC(=O)[C@H](N)Cc2ccccc2)CSSC(C)(C)C(C(=O)N[C@H](C(N)=O)[C@@H](C)O)NC1=O. The van der Waals surface area contributed by atoms with Crippen LogP contribution in [0.1, 0.15) is 57.2 Å². The van der Waals surface area contributed by atoms with Crippen molar-refractivity contribution in [2.75, 3.05) is 12.3 Å². The fourth-order valence-corrected chi connectivity index (χ4v) is 11.0. The average Bonchev–Trinajstić information content (AvgIpc) is 3.79. The Morgan fingerprint density at radius 2 is 1.38 bits per heavy atom. The molecule has 0 aliphatic carbocycles. The molecule has 1 fully saturated rings. The number of phenols is 1. The number of aliphatic hydroxyl groups excluding tert-OH is 2. The monoisotopic (exact) mass is 1100 g/mol. The highest BCUT2D eigenvalue weighted by molar-refractivity contribution is 8.77. The molecule has 26 heteroatoms. The van der Waals surface area contributed by atoms with Gasteiger partial charge in [-0.25, -0.2) is 0 Å². The summed E-state index contributed by atoms with van der Waals surface area (Å²) in [7, 11) is 1.92. The third kappa shape index (κ3) is 17.8. The summed E-state index contributed by atoms with van der Waals surface area (Å²) in [5.41, 5.74) is 25.5. The third-order valence-corrected chi connectivity index (χ3v) is 15.8. The van der Waals surface area contributed by atoms with Crippen LogP contribution >= 0.6 is 21.6 Å². The molecule has 0 saturated carbocycles. The summed E-state index contributed by atoms with van der Waals surface area (Å²) in [6.07, 6.45) is -1.83. The predicted octanol–water partition coefficient (Wildman–Crippen LogP) is -1.90. The number of fused-ring (bicyclic) bond motifs is 1. The lowest BCUT2D eigenvalue weighted by atomic mass is 9.99. The van der Waals surface area contributed by atoms with Gasteiger partial charge in [0.1, 0.15) is 48.0 Å². The minimum Gasteiger partial charge on any atom is -0.508 e. The number of rotatable bonds is 17. The van der Waals surface area contributed by atoms with Crippen LogP contribution in [-0.2, 0) is 57.6 Å². The summed E-state index contributed by atoms with van der Waals surface area (Å²) in [6.45, 7) is 5.45. The number of H-pyrrole nitrogens is 1. The van der Waals surface area contributed by atoms with Gasteiger partial charge in [0, 0.05) is 47.0 Å². The first-order valence-corrected chi connectivity index (χ1v) is 27.0. The Bertz CT molecular complexity index is 2740. The quantitative estimate of drug-likeness (QED) is 0.0238. The highest BCUT2D eigenvalue weighted by atomic mass is 33.1. The van der Waals surface area contributed by atoms with Gasteiger partial charge in [0.05, 0.1) is 18.2 Å². The van der Waals surface area contributed by atoms with Crippen molar-refractivity contribution in [2.45, 2.75) is 125 Å². The van der Waals surface area contributed by atoms with Gasteiger partial charge in [-0.05, 0) is 81.8 Å².